The smallest absolute Gasteiger partial charge is 0.237 e. The van der Waals surface area contributed by atoms with Gasteiger partial charge >= 0.3 is 0 Å². The van der Waals surface area contributed by atoms with E-state index in [1.807, 2.05) is 32.4 Å². The standard InChI is InChI=1S/C22H29N5O2S/c1-21(2,3)15-10-8-14(9-11-15)19-24-25-20(27(19)7)30-13-17(28)23-18-12-16(26-29-18)22(4,5)6/h8-12H,13H2,1-7H3,(H,23,28). The Morgan fingerprint density at radius 2 is 1.73 bits per heavy atom. The SMILES string of the molecule is Cn1c(SCC(=O)Nc2cc(C(C)(C)C)no2)nnc1-c1ccc(C(C)(C)C)cc1. The molecule has 1 N–H and O–H groups in total. The van der Waals surface area contributed by atoms with Crippen LogP contribution in [0.15, 0.2) is 40.0 Å². The quantitative estimate of drug-likeness (QED) is 0.589. The van der Waals surface area contributed by atoms with E-state index in [1.54, 1.807) is 6.07 Å². The third kappa shape index (κ3) is 5.11. The summed E-state index contributed by atoms with van der Waals surface area (Å²) in [5.41, 5.74) is 3.01. The Morgan fingerprint density at radius 1 is 1.07 bits per heavy atom. The second kappa shape index (κ2) is 8.26. The number of hydrogen-bond donors (Lipinski definition) is 1. The molecule has 0 aliphatic heterocycles. The highest BCUT2D eigenvalue weighted by Crippen LogP contribution is 2.27. The lowest BCUT2D eigenvalue weighted by molar-refractivity contribution is -0.113. The molecule has 2 heterocycles. The zero-order valence-corrected chi connectivity index (χ0v) is 19.4. The van der Waals surface area contributed by atoms with Crippen LogP contribution in [0.5, 0.6) is 0 Å². The van der Waals surface area contributed by atoms with Crippen molar-refractivity contribution in [1.29, 1.82) is 0 Å². The zero-order valence-electron chi connectivity index (χ0n) is 18.6. The van der Waals surface area contributed by atoms with Crippen molar-refractivity contribution in [2.45, 2.75) is 57.5 Å². The second-order valence-corrected chi connectivity index (χ2v) is 10.3. The minimum atomic E-state index is -0.185. The first-order chi connectivity index (χ1) is 13.9. The molecule has 1 amide bonds. The Bertz CT molecular complexity index is 1020. The van der Waals surface area contributed by atoms with Crippen LogP contribution in [0.25, 0.3) is 11.4 Å². The van der Waals surface area contributed by atoms with Gasteiger partial charge in [0.25, 0.3) is 0 Å². The van der Waals surface area contributed by atoms with Crippen molar-refractivity contribution in [3.8, 4) is 11.4 Å². The third-order valence-corrected chi connectivity index (χ3v) is 5.74. The lowest BCUT2D eigenvalue weighted by atomic mass is 9.87. The summed E-state index contributed by atoms with van der Waals surface area (Å²) in [6.45, 7) is 12.7. The molecule has 1 aromatic carbocycles. The second-order valence-electron chi connectivity index (χ2n) is 9.36. The molecule has 0 fully saturated rings. The number of anilines is 1. The number of carbonyl (C=O) groups is 1. The predicted molar refractivity (Wildman–Crippen MR) is 120 cm³/mol. The minimum absolute atomic E-state index is 0.101. The number of thioether (sulfide) groups is 1. The molecule has 8 heteroatoms. The summed E-state index contributed by atoms with van der Waals surface area (Å²) in [6.07, 6.45) is 0. The van der Waals surface area contributed by atoms with E-state index in [2.05, 4.69) is 65.7 Å². The first-order valence-electron chi connectivity index (χ1n) is 9.85. The average molecular weight is 428 g/mol. The Morgan fingerprint density at radius 3 is 2.30 bits per heavy atom. The molecule has 0 bridgehead atoms. The van der Waals surface area contributed by atoms with Gasteiger partial charge in [0.1, 0.15) is 0 Å². The van der Waals surface area contributed by atoms with Crippen LogP contribution in [0.3, 0.4) is 0 Å². The maximum Gasteiger partial charge on any atom is 0.237 e. The summed E-state index contributed by atoms with van der Waals surface area (Å²) in [5, 5.41) is 16.0. The minimum Gasteiger partial charge on any atom is -0.338 e. The Labute approximate surface area is 181 Å². The summed E-state index contributed by atoms with van der Waals surface area (Å²) in [4.78, 5) is 12.3. The molecule has 0 aliphatic rings. The Hall–Kier alpha value is -2.61. The van der Waals surface area contributed by atoms with Crippen molar-refractivity contribution in [2.75, 3.05) is 11.1 Å². The highest BCUT2D eigenvalue weighted by atomic mass is 32.2. The molecular weight excluding hydrogens is 398 g/mol. The van der Waals surface area contributed by atoms with E-state index in [4.69, 9.17) is 4.52 Å². The number of nitrogens with one attached hydrogen (secondary N) is 1. The van der Waals surface area contributed by atoms with E-state index in [0.717, 1.165) is 17.1 Å². The van der Waals surface area contributed by atoms with Gasteiger partial charge in [0, 0.05) is 24.1 Å². The topological polar surface area (TPSA) is 85.8 Å². The van der Waals surface area contributed by atoms with E-state index >= 15 is 0 Å². The van der Waals surface area contributed by atoms with Crippen molar-refractivity contribution < 1.29 is 9.32 Å². The Kier molecular flexibility index (Phi) is 6.08. The van der Waals surface area contributed by atoms with E-state index in [0.29, 0.717) is 11.0 Å². The monoisotopic (exact) mass is 427 g/mol. The molecule has 0 spiro atoms. The summed E-state index contributed by atoms with van der Waals surface area (Å²) in [5.74, 6) is 1.13. The number of nitrogens with zero attached hydrogens (tertiary/aromatic N) is 4. The number of rotatable bonds is 5. The van der Waals surface area contributed by atoms with Crippen LogP contribution < -0.4 is 5.32 Å². The molecule has 30 heavy (non-hydrogen) atoms. The number of aromatic nitrogens is 4. The molecule has 0 radical (unpaired) electrons. The van der Waals surface area contributed by atoms with Crippen LogP contribution in [0.4, 0.5) is 5.88 Å². The molecule has 0 atom stereocenters. The van der Waals surface area contributed by atoms with Crippen LogP contribution in [0.1, 0.15) is 52.8 Å². The van der Waals surface area contributed by atoms with Crippen LogP contribution in [0.2, 0.25) is 0 Å². The van der Waals surface area contributed by atoms with Gasteiger partial charge in [-0.2, -0.15) is 0 Å². The van der Waals surface area contributed by atoms with E-state index in [1.165, 1.54) is 17.3 Å². The van der Waals surface area contributed by atoms with Crippen LogP contribution in [-0.2, 0) is 22.7 Å². The highest BCUT2D eigenvalue weighted by Gasteiger charge is 2.20. The van der Waals surface area contributed by atoms with Gasteiger partial charge in [-0.25, -0.2) is 0 Å². The molecule has 160 valence electrons. The van der Waals surface area contributed by atoms with Gasteiger partial charge in [0.05, 0.1) is 11.4 Å². The normalized spacial score (nSPS) is 12.2. The third-order valence-electron chi connectivity index (χ3n) is 4.72. The largest absolute Gasteiger partial charge is 0.338 e. The number of benzene rings is 1. The predicted octanol–water partition coefficient (Wildman–Crippen LogP) is 4.80. The molecule has 0 saturated heterocycles. The zero-order chi connectivity index (χ0) is 22.1. The van der Waals surface area contributed by atoms with Crippen molar-refractivity contribution in [1.82, 2.24) is 19.9 Å². The first kappa shape index (κ1) is 22.1. The van der Waals surface area contributed by atoms with Crippen molar-refractivity contribution >= 4 is 23.6 Å². The average Bonchev–Trinajstić information content (AvgIpc) is 3.26. The number of carbonyl (C=O) groups excluding carboxylic acids is 1. The maximum absolute atomic E-state index is 12.3. The van der Waals surface area contributed by atoms with Crippen LogP contribution in [-0.4, -0.2) is 31.6 Å². The molecule has 0 unspecified atom stereocenters. The molecule has 0 aliphatic carbocycles. The van der Waals surface area contributed by atoms with Crippen LogP contribution in [0, 0.1) is 0 Å². The van der Waals surface area contributed by atoms with Crippen molar-refractivity contribution in [2.24, 2.45) is 7.05 Å². The van der Waals surface area contributed by atoms with E-state index in [9.17, 15) is 4.79 Å². The fraction of sp³-hybridized carbons (Fsp3) is 0.455. The molecule has 7 nitrogen and oxygen atoms in total. The fourth-order valence-electron chi connectivity index (χ4n) is 2.80. The summed E-state index contributed by atoms with van der Waals surface area (Å²) < 4.78 is 7.11. The first-order valence-corrected chi connectivity index (χ1v) is 10.8. The van der Waals surface area contributed by atoms with Gasteiger partial charge < -0.3 is 9.09 Å². The maximum atomic E-state index is 12.3. The summed E-state index contributed by atoms with van der Waals surface area (Å²) in [6, 6.07) is 10.1. The van der Waals surface area contributed by atoms with Gasteiger partial charge in [-0.15, -0.1) is 10.2 Å². The molecule has 3 aromatic rings. The van der Waals surface area contributed by atoms with Gasteiger partial charge in [-0.1, -0.05) is 82.7 Å². The molecule has 2 aromatic heterocycles. The number of hydrogen-bond acceptors (Lipinski definition) is 6. The van der Waals surface area contributed by atoms with Gasteiger partial charge in [0.2, 0.25) is 11.8 Å². The lowest BCUT2D eigenvalue weighted by Crippen LogP contribution is -2.14. The molecule has 0 saturated carbocycles. The number of amides is 1. The van der Waals surface area contributed by atoms with Gasteiger partial charge in [-0.3, -0.25) is 10.1 Å². The van der Waals surface area contributed by atoms with E-state index in [-0.39, 0.29) is 22.5 Å². The van der Waals surface area contributed by atoms with Gasteiger partial charge in [-0.05, 0) is 11.0 Å². The fourth-order valence-corrected chi connectivity index (χ4v) is 3.51. The summed E-state index contributed by atoms with van der Waals surface area (Å²) in [7, 11) is 1.90. The van der Waals surface area contributed by atoms with Crippen LogP contribution >= 0.6 is 11.8 Å². The van der Waals surface area contributed by atoms with Crippen molar-refractivity contribution in [3.05, 3.63) is 41.6 Å². The summed E-state index contributed by atoms with van der Waals surface area (Å²) >= 11 is 1.32. The van der Waals surface area contributed by atoms with Crippen molar-refractivity contribution in [3.63, 3.8) is 0 Å². The lowest BCUT2D eigenvalue weighted by Gasteiger charge is -2.19. The molecular formula is C22H29N5O2S. The Balaban J connectivity index is 1.62. The highest BCUT2D eigenvalue weighted by molar-refractivity contribution is 7.99. The molecule has 3 rings (SSSR count). The van der Waals surface area contributed by atoms with Gasteiger partial charge in [0.15, 0.2) is 11.0 Å². The van der Waals surface area contributed by atoms with E-state index < -0.39 is 0 Å².